The summed E-state index contributed by atoms with van der Waals surface area (Å²) in [6.45, 7) is 2.76. The molecule has 0 bridgehead atoms. The molecule has 0 saturated carbocycles. The maximum atomic E-state index is 12.0. The Kier molecular flexibility index (Phi) is 6.28. The molecule has 3 nitrogen and oxygen atoms in total. The number of ether oxygens (including phenoxy) is 1. The number of aryl methyl sites for hydroxylation is 1. The predicted molar refractivity (Wildman–Crippen MR) is 90.6 cm³/mol. The molecule has 0 radical (unpaired) electrons. The molecule has 116 valence electrons. The van der Waals surface area contributed by atoms with Gasteiger partial charge in [-0.1, -0.05) is 36.7 Å². The minimum absolute atomic E-state index is 0.0258. The molecule has 0 spiro atoms. The number of benzene rings is 2. The van der Waals surface area contributed by atoms with Gasteiger partial charge in [0.15, 0.2) is 0 Å². The molecule has 2 rings (SSSR count). The first kappa shape index (κ1) is 16.4. The summed E-state index contributed by atoms with van der Waals surface area (Å²) in [5, 5.41) is 3.58. The Morgan fingerprint density at radius 3 is 2.55 bits per heavy atom. The molecule has 0 aromatic heterocycles. The van der Waals surface area contributed by atoms with E-state index < -0.39 is 0 Å². The maximum absolute atomic E-state index is 12.0. The molecule has 0 unspecified atom stereocenters. The summed E-state index contributed by atoms with van der Waals surface area (Å²) in [5.74, 6) is 0.790. The van der Waals surface area contributed by atoms with Gasteiger partial charge in [0, 0.05) is 17.1 Å². The van der Waals surface area contributed by atoms with E-state index in [9.17, 15) is 4.79 Å². The zero-order chi connectivity index (χ0) is 15.8. The number of hydrogen-bond donors (Lipinski definition) is 1. The predicted octanol–water partition coefficient (Wildman–Crippen LogP) is 4.70. The van der Waals surface area contributed by atoms with Crippen molar-refractivity contribution >= 4 is 23.2 Å². The lowest BCUT2D eigenvalue weighted by molar-refractivity contribution is -0.116. The molecule has 0 fully saturated rings. The van der Waals surface area contributed by atoms with Gasteiger partial charge in [0.2, 0.25) is 5.91 Å². The molecule has 1 N–H and O–H groups in total. The highest BCUT2D eigenvalue weighted by Crippen LogP contribution is 2.18. The van der Waals surface area contributed by atoms with Crippen LogP contribution in [0.5, 0.6) is 5.75 Å². The third-order valence-corrected chi connectivity index (χ3v) is 3.56. The topological polar surface area (TPSA) is 38.3 Å². The van der Waals surface area contributed by atoms with Gasteiger partial charge in [0.25, 0.3) is 0 Å². The van der Waals surface area contributed by atoms with Crippen LogP contribution in [0.15, 0.2) is 48.5 Å². The van der Waals surface area contributed by atoms with Crippen LogP contribution >= 0.6 is 11.6 Å². The fraction of sp³-hybridized carbons (Fsp3) is 0.278. The minimum Gasteiger partial charge on any atom is -0.494 e. The molecular formula is C18H20ClNO2. The number of amides is 1. The van der Waals surface area contributed by atoms with E-state index in [1.807, 2.05) is 48.5 Å². The lowest BCUT2D eigenvalue weighted by atomic mass is 10.1. The van der Waals surface area contributed by atoms with Crippen LogP contribution in [-0.2, 0) is 11.2 Å². The number of carbonyl (C=O) groups is 1. The average molecular weight is 318 g/mol. The number of nitrogens with one attached hydrogen (secondary N) is 1. The highest BCUT2D eigenvalue weighted by Gasteiger charge is 2.05. The summed E-state index contributed by atoms with van der Waals surface area (Å²) in [7, 11) is 0. The van der Waals surface area contributed by atoms with Gasteiger partial charge in [-0.15, -0.1) is 0 Å². The summed E-state index contributed by atoms with van der Waals surface area (Å²) in [6.07, 6.45) is 2.00. The molecule has 0 aliphatic heterocycles. The van der Waals surface area contributed by atoms with E-state index in [1.54, 1.807) is 0 Å². The largest absolute Gasteiger partial charge is 0.494 e. The van der Waals surface area contributed by atoms with Crippen molar-refractivity contribution in [3.05, 3.63) is 59.1 Å². The maximum Gasteiger partial charge on any atom is 0.224 e. The van der Waals surface area contributed by atoms with Crippen molar-refractivity contribution in [2.45, 2.75) is 26.2 Å². The normalized spacial score (nSPS) is 10.3. The van der Waals surface area contributed by atoms with Crippen molar-refractivity contribution in [3.63, 3.8) is 0 Å². The van der Waals surface area contributed by atoms with Gasteiger partial charge >= 0.3 is 0 Å². The van der Waals surface area contributed by atoms with Crippen LogP contribution in [0.2, 0.25) is 5.02 Å². The summed E-state index contributed by atoms with van der Waals surface area (Å²) in [5.41, 5.74) is 1.76. The second-order valence-corrected chi connectivity index (χ2v) is 5.42. The molecule has 22 heavy (non-hydrogen) atoms. The van der Waals surface area contributed by atoms with Gasteiger partial charge in [0.1, 0.15) is 5.75 Å². The molecule has 0 saturated heterocycles. The molecule has 4 heteroatoms. The van der Waals surface area contributed by atoms with Gasteiger partial charge in [0.05, 0.1) is 6.61 Å². The van der Waals surface area contributed by atoms with Crippen LogP contribution in [0.3, 0.4) is 0 Å². The van der Waals surface area contributed by atoms with Crippen molar-refractivity contribution in [2.75, 3.05) is 11.9 Å². The van der Waals surface area contributed by atoms with Crippen molar-refractivity contribution in [1.29, 1.82) is 0 Å². The molecule has 0 heterocycles. The fourth-order valence-corrected chi connectivity index (χ4v) is 2.26. The number of carbonyl (C=O) groups excluding carboxylic acids is 1. The molecule has 2 aromatic rings. The Morgan fingerprint density at radius 1 is 1.14 bits per heavy atom. The van der Waals surface area contributed by atoms with Crippen LogP contribution in [0.1, 0.15) is 25.3 Å². The second-order valence-electron chi connectivity index (χ2n) is 5.01. The van der Waals surface area contributed by atoms with Crippen molar-refractivity contribution < 1.29 is 9.53 Å². The third kappa shape index (κ3) is 5.08. The zero-order valence-electron chi connectivity index (χ0n) is 12.6. The summed E-state index contributed by atoms with van der Waals surface area (Å²) in [6, 6.07) is 15.0. The molecule has 2 aromatic carbocycles. The minimum atomic E-state index is -0.0258. The lowest BCUT2D eigenvalue weighted by Gasteiger charge is -2.08. The second kappa shape index (κ2) is 8.44. The third-order valence-electron chi connectivity index (χ3n) is 3.19. The fourth-order valence-electron chi connectivity index (χ4n) is 2.03. The van der Waals surface area contributed by atoms with Crippen LogP contribution in [-0.4, -0.2) is 12.5 Å². The number of halogens is 1. The first-order chi connectivity index (χ1) is 10.7. The zero-order valence-corrected chi connectivity index (χ0v) is 13.4. The molecular weight excluding hydrogens is 298 g/mol. The molecule has 0 aliphatic rings. The van der Waals surface area contributed by atoms with E-state index in [0.717, 1.165) is 23.4 Å². The van der Waals surface area contributed by atoms with Crippen LogP contribution < -0.4 is 10.1 Å². The SMILES string of the molecule is CCCOc1ccc(NC(=O)CCc2ccccc2Cl)cc1. The molecule has 0 atom stereocenters. The van der Waals surface area contributed by atoms with Gasteiger partial charge < -0.3 is 10.1 Å². The highest BCUT2D eigenvalue weighted by molar-refractivity contribution is 6.31. The van der Waals surface area contributed by atoms with E-state index in [2.05, 4.69) is 12.2 Å². The van der Waals surface area contributed by atoms with Crippen molar-refractivity contribution in [3.8, 4) is 5.75 Å². The summed E-state index contributed by atoms with van der Waals surface area (Å²) < 4.78 is 5.51. The van der Waals surface area contributed by atoms with Crippen LogP contribution in [0, 0.1) is 0 Å². The van der Waals surface area contributed by atoms with E-state index >= 15 is 0 Å². The van der Waals surface area contributed by atoms with Gasteiger partial charge in [-0.05, 0) is 48.7 Å². The standard InChI is InChI=1S/C18H20ClNO2/c1-2-13-22-16-10-8-15(9-11-16)20-18(21)12-7-14-5-3-4-6-17(14)19/h3-6,8-11H,2,7,12-13H2,1H3,(H,20,21). The van der Waals surface area contributed by atoms with E-state index in [-0.39, 0.29) is 5.91 Å². The molecule has 0 aliphatic carbocycles. The highest BCUT2D eigenvalue weighted by atomic mass is 35.5. The van der Waals surface area contributed by atoms with Crippen molar-refractivity contribution in [1.82, 2.24) is 0 Å². The number of rotatable bonds is 7. The number of anilines is 1. The summed E-state index contributed by atoms with van der Waals surface area (Å²) >= 11 is 6.08. The monoisotopic (exact) mass is 317 g/mol. The Labute approximate surface area is 136 Å². The van der Waals surface area contributed by atoms with E-state index in [0.29, 0.717) is 24.5 Å². The number of hydrogen-bond acceptors (Lipinski definition) is 2. The Balaban J connectivity index is 1.83. The first-order valence-corrected chi connectivity index (χ1v) is 7.83. The van der Waals surface area contributed by atoms with Crippen molar-refractivity contribution in [2.24, 2.45) is 0 Å². The average Bonchev–Trinajstić information content (AvgIpc) is 2.53. The van der Waals surface area contributed by atoms with Gasteiger partial charge in [-0.25, -0.2) is 0 Å². The van der Waals surface area contributed by atoms with E-state index in [1.165, 1.54) is 0 Å². The Morgan fingerprint density at radius 2 is 1.86 bits per heavy atom. The van der Waals surface area contributed by atoms with Crippen LogP contribution in [0.25, 0.3) is 0 Å². The molecule has 1 amide bonds. The quantitative estimate of drug-likeness (QED) is 0.803. The smallest absolute Gasteiger partial charge is 0.224 e. The Bertz CT molecular complexity index is 611. The Hall–Kier alpha value is -2.00. The lowest BCUT2D eigenvalue weighted by Crippen LogP contribution is -2.12. The van der Waals surface area contributed by atoms with Gasteiger partial charge in [-0.2, -0.15) is 0 Å². The summed E-state index contributed by atoms with van der Waals surface area (Å²) in [4.78, 5) is 12.0. The first-order valence-electron chi connectivity index (χ1n) is 7.45. The van der Waals surface area contributed by atoms with E-state index in [4.69, 9.17) is 16.3 Å². The van der Waals surface area contributed by atoms with Crippen LogP contribution in [0.4, 0.5) is 5.69 Å². The van der Waals surface area contributed by atoms with Gasteiger partial charge in [-0.3, -0.25) is 4.79 Å².